The van der Waals surface area contributed by atoms with Crippen LogP contribution in [0, 0.1) is 0 Å². The quantitative estimate of drug-likeness (QED) is 0.862. The average molecular weight is 293 g/mol. The molecule has 4 nitrogen and oxygen atoms in total. The van der Waals surface area contributed by atoms with Crippen molar-refractivity contribution in [2.45, 2.75) is 25.4 Å². The van der Waals surface area contributed by atoms with Gasteiger partial charge in [0.2, 0.25) is 0 Å². The monoisotopic (exact) mass is 293 g/mol. The van der Waals surface area contributed by atoms with Crippen LogP contribution in [0.15, 0.2) is 30.3 Å². The van der Waals surface area contributed by atoms with E-state index < -0.39 is 5.60 Å². The van der Waals surface area contributed by atoms with E-state index in [1.165, 1.54) is 6.92 Å². The molecular weight excluding hydrogens is 274 g/mol. The summed E-state index contributed by atoms with van der Waals surface area (Å²) in [6.07, 6.45) is 1.51. The molecule has 0 radical (unpaired) electrons. The lowest BCUT2D eigenvalue weighted by Crippen LogP contribution is -2.43. The Kier molecular flexibility index (Phi) is 5.20. The number of esters is 1. The number of hydrogen-bond acceptors (Lipinski definition) is 5. The largest absolute Gasteiger partial charge is 0.453 e. The standard InChI is InChI=1S/C15H19NO3S/c1-12(17)20-11-14(18)19-15(7-9-16-10-8-15)13-5-3-2-4-6-13/h2-6,16H,7-11H2,1H3. The van der Waals surface area contributed by atoms with Gasteiger partial charge >= 0.3 is 5.97 Å². The zero-order chi connectivity index (χ0) is 14.4. The van der Waals surface area contributed by atoms with Crippen LogP contribution in [0.5, 0.6) is 0 Å². The summed E-state index contributed by atoms with van der Waals surface area (Å²) in [6, 6.07) is 9.85. The number of thioether (sulfide) groups is 1. The molecule has 1 aromatic carbocycles. The van der Waals surface area contributed by atoms with Crippen LogP contribution in [0.4, 0.5) is 0 Å². The predicted molar refractivity (Wildman–Crippen MR) is 79.5 cm³/mol. The van der Waals surface area contributed by atoms with Crippen LogP contribution in [0.1, 0.15) is 25.3 Å². The van der Waals surface area contributed by atoms with Crippen LogP contribution >= 0.6 is 11.8 Å². The van der Waals surface area contributed by atoms with Crippen molar-refractivity contribution in [2.75, 3.05) is 18.8 Å². The van der Waals surface area contributed by atoms with Gasteiger partial charge in [-0.1, -0.05) is 42.1 Å². The number of ether oxygens (including phenoxy) is 1. The van der Waals surface area contributed by atoms with Crippen LogP contribution < -0.4 is 5.32 Å². The van der Waals surface area contributed by atoms with Crippen molar-refractivity contribution < 1.29 is 14.3 Å². The average Bonchev–Trinajstić information content (AvgIpc) is 2.47. The molecule has 20 heavy (non-hydrogen) atoms. The maximum Gasteiger partial charge on any atom is 0.317 e. The first-order valence-electron chi connectivity index (χ1n) is 6.74. The van der Waals surface area contributed by atoms with Crippen molar-refractivity contribution in [2.24, 2.45) is 0 Å². The molecule has 1 aliphatic rings. The fourth-order valence-corrected chi connectivity index (χ4v) is 2.81. The topological polar surface area (TPSA) is 55.4 Å². The number of carbonyl (C=O) groups is 2. The minimum Gasteiger partial charge on any atom is -0.453 e. The number of nitrogens with one attached hydrogen (secondary N) is 1. The van der Waals surface area contributed by atoms with Crippen molar-refractivity contribution in [1.82, 2.24) is 5.32 Å². The third-order valence-electron chi connectivity index (χ3n) is 3.41. The predicted octanol–water partition coefficient (Wildman–Crippen LogP) is 2.09. The molecule has 1 aromatic rings. The Hall–Kier alpha value is -1.33. The molecule has 0 bridgehead atoms. The van der Waals surface area contributed by atoms with Gasteiger partial charge in [0.15, 0.2) is 5.12 Å². The van der Waals surface area contributed by atoms with Crippen LogP contribution in [0.25, 0.3) is 0 Å². The van der Waals surface area contributed by atoms with Crippen LogP contribution in [-0.2, 0) is 19.9 Å². The molecule has 1 fully saturated rings. The Labute approximate surface area is 123 Å². The number of rotatable bonds is 4. The lowest BCUT2D eigenvalue weighted by atomic mass is 9.85. The molecular formula is C15H19NO3S. The lowest BCUT2D eigenvalue weighted by Gasteiger charge is -2.37. The summed E-state index contributed by atoms with van der Waals surface area (Å²) >= 11 is 0.993. The van der Waals surface area contributed by atoms with Gasteiger partial charge in [-0.25, -0.2) is 0 Å². The molecule has 2 rings (SSSR count). The van der Waals surface area contributed by atoms with E-state index in [1.54, 1.807) is 0 Å². The minimum absolute atomic E-state index is 0.0685. The van der Waals surface area contributed by atoms with Crippen LogP contribution in [-0.4, -0.2) is 29.9 Å². The van der Waals surface area contributed by atoms with Crippen molar-refractivity contribution >= 4 is 22.8 Å². The van der Waals surface area contributed by atoms with E-state index in [9.17, 15) is 9.59 Å². The summed E-state index contributed by atoms with van der Waals surface area (Å²) in [6.45, 7) is 3.10. The van der Waals surface area contributed by atoms with Crippen LogP contribution in [0.2, 0.25) is 0 Å². The van der Waals surface area contributed by atoms with Crippen molar-refractivity contribution in [3.63, 3.8) is 0 Å². The Morgan fingerprint density at radius 1 is 1.25 bits per heavy atom. The molecule has 1 heterocycles. The Bertz CT molecular complexity index is 469. The summed E-state index contributed by atoms with van der Waals surface area (Å²) < 4.78 is 5.76. The van der Waals surface area contributed by atoms with Crippen molar-refractivity contribution in [3.8, 4) is 0 Å². The molecule has 0 aliphatic carbocycles. The van der Waals surface area contributed by atoms with Gasteiger partial charge < -0.3 is 10.1 Å². The van der Waals surface area contributed by atoms with Gasteiger partial charge in [0.1, 0.15) is 5.60 Å². The molecule has 0 saturated carbocycles. The highest BCUT2D eigenvalue weighted by Crippen LogP contribution is 2.35. The lowest BCUT2D eigenvalue weighted by molar-refractivity contribution is -0.160. The first-order valence-corrected chi connectivity index (χ1v) is 7.72. The fraction of sp³-hybridized carbons (Fsp3) is 0.467. The Balaban J connectivity index is 2.11. The maximum atomic E-state index is 12.0. The number of piperidine rings is 1. The third-order valence-corrected chi connectivity index (χ3v) is 4.20. The maximum absolute atomic E-state index is 12.0. The van der Waals surface area contributed by atoms with Gasteiger partial charge in [-0.05, 0) is 18.7 Å². The normalized spacial score (nSPS) is 17.4. The van der Waals surface area contributed by atoms with E-state index >= 15 is 0 Å². The van der Waals surface area contributed by atoms with E-state index in [1.807, 2.05) is 30.3 Å². The van der Waals surface area contributed by atoms with E-state index in [0.717, 1.165) is 43.3 Å². The zero-order valence-electron chi connectivity index (χ0n) is 11.6. The van der Waals surface area contributed by atoms with E-state index in [0.29, 0.717) is 0 Å². The van der Waals surface area contributed by atoms with Crippen molar-refractivity contribution in [1.29, 1.82) is 0 Å². The molecule has 1 N–H and O–H groups in total. The van der Waals surface area contributed by atoms with E-state index in [4.69, 9.17) is 4.74 Å². The summed E-state index contributed by atoms with van der Waals surface area (Å²) in [5, 5.41) is 3.21. The second kappa shape index (κ2) is 6.90. The van der Waals surface area contributed by atoms with Gasteiger partial charge in [0.25, 0.3) is 0 Å². The number of carbonyl (C=O) groups excluding carboxylic acids is 2. The number of hydrogen-bond donors (Lipinski definition) is 1. The first-order chi connectivity index (χ1) is 9.62. The summed E-state index contributed by atoms with van der Waals surface area (Å²) in [5.74, 6) is -0.242. The second-order valence-corrected chi connectivity index (χ2v) is 6.02. The van der Waals surface area contributed by atoms with Gasteiger partial charge in [-0.2, -0.15) is 0 Å². The molecule has 1 aliphatic heterocycles. The molecule has 0 spiro atoms. The molecule has 1 saturated heterocycles. The zero-order valence-corrected chi connectivity index (χ0v) is 12.4. The smallest absolute Gasteiger partial charge is 0.317 e. The molecule has 5 heteroatoms. The SMILES string of the molecule is CC(=O)SCC(=O)OC1(c2ccccc2)CCNCC1. The van der Waals surface area contributed by atoms with E-state index in [-0.39, 0.29) is 16.8 Å². The fourth-order valence-electron chi connectivity index (χ4n) is 2.43. The van der Waals surface area contributed by atoms with Gasteiger partial charge in [-0.3, -0.25) is 9.59 Å². The molecule has 0 aromatic heterocycles. The number of benzene rings is 1. The van der Waals surface area contributed by atoms with Gasteiger partial charge in [0, 0.05) is 19.8 Å². The highest BCUT2D eigenvalue weighted by molar-refractivity contribution is 8.14. The summed E-state index contributed by atoms with van der Waals surface area (Å²) in [4.78, 5) is 22.9. The van der Waals surface area contributed by atoms with Crippen molar-refractivity contribution in [3.05, 3.63) is 35.9 Å². The molecule has 0 unspecified atom stereocenters. The summed E-state index contributed by atoms with van der Waals surface area (Å²) in [7, 11) is 0. The molecule has 0 atom stereocenters. The minimum atomic E-state index is -0.555. The molecule has 0 amide bonds. The van der Waals surface area contributed by atoms with E-state index in [2.05, 4.69) is 5.32 Å². The summed E-state index contributed by atoms with van der Waals surface area (Å²) in [5.41, 5.74) is 0.476. The van der Waals surface area contributed by atoms with Crippen LogP contribution in [0.3, 0.4) is 0 Å². The Morgan fingerprint density at radius 3 is 2.50 bits per heavy atom. The second-order valence-electron chi connectivity index (χ2n) is 4.86. The van der Waals surface area contributed by atoms with Gasteiger partial charge in [-0.15, -0.1) is 0 Å². The highest BCUT2D eigenvalue weighted by Gasteiger charge is 2.37. The highest BCUT2D eigenvalue weighted by atomic mass is 32.2. The molecule has 108 valence electrons. The Morgan fingerprint density at radius 2 is 1.90 bits per heavy atom. The first kappa shape index (κ1) is 15.1. The third kappa shape index (κ3) is 3.84. The van der Waals surface area contributed by atoms with Gasteiger partial charge in [0.05, 0.1) is 5.75 Å².